The molecule has 0 aromatic heterocycles. The van der Waals surface area contributed by atoms with Crippen LogP contribution in [0, 0.1) is 0 Å². The van der Waals surface area contributed by atoms with Gasteiger partial charge in [-0.3, -0.25) is 0 Å². The number of ether oxygens (including phenoxy) is 2. The van der Waals surface area contributed by atoms with E-state index in [-0.39, 0.29) is 0 Å². The van der Waals surface area contributed by atoms with E-state index in [0.29, 0.717) is 37.9 Å². The minimum atomic E-state index is -2.51. The summed E-state index contributed by atoms with van der Waals surface area (Å²) in [7, 11) is -0.917. The van der Waals surface area contributed by atoms with Crippen molar-refractivity contribution in [3.8, 4) is 11.5 Å². The van der Waals surface area contributed by atoms with Crippen molar-refractivity contribution in [1.82, 2.24) is 0 Å². The number of unbranched alkanes of at least 4 members (excludes halogenated alkanes) is 5. The maximum Gasteiger partial charge on any atom is 0.500 e. The summed E-state index contributed by atoms with van der Waals surface area (Å²) in [6, 6.07) is 6.25. The normalized spacial score (nSPS) is 11.8. The van der Waals surface area contributed by atoms with Gasteiger partial charge in [0.05, 0.1) is 13.7 Å². The first kappa shape index (κ1) is 28.2. The molecular formula is C24H40O7Si. The lowest BCUT2D eigenvalue weighted by Crippen LogP contribution is -2.45. The highest BCUT2D eigenvalue weighted by Crippen LogP contribution is 2.29. The average Bonchev–Trinajstić information content (AvgIpc) is 2.77. The zero-order valence-corrected chi connectivity index (χ0v) is 21.1. The molecule has 32 heavy (non-hydrogen) atoms. The van der Waals surface area contributed by atoms with Crippen molar-refractivity contribution in [2.24, 2.45) is 0 Å². The Balaban J connectivity index is 2.31. The van der Waals surface area contributed by atoms with Crippen LogP contribution in [0.1, 0.15) is 64.9 Å². The lowest BCUT2D eigenvalue weighted by Gasteiger charge is -2.28. The number of rotatable bonds is 19. The molecule has 0 heterocycles. The van der Waals surface area contributed by atoms with Crippen LogP contribution in [0.3, 0.4) is 0 Å². The fourth-order valence-electron chi connectivity index (χ4n) is 3.41. The van der Waals surface area contributed by atoms with Crippen molar-refractivity contribution < 1.29 is 32.7 Å². The Morgan fingerprint density at radius 2 is 1.50 bits per heavy atom. The predicted molar refractivity (Wildman–Crippen MR) is 128 cm³/mol. The molecule has 0 unspecified atom stereocenters. The summed E-state index contributed by atoms with van der Waals surface area (Å²) in [5.41, 5.74) is 0.758. The molecule has 1 aromatic rings. The molecule has 0 amide bonds. The third kappa shape index (κ3) is 11.1. The van der Waals surface area contributed by atoms with Gasteiger partial charge in [-0.1, -0.05) is 31.7 Å². The lowest BCUT2D eigenvalue weighted by molar-refractivity contribution is -0.131. The van der Waals surface area contributed by atoms with E-state index in [9.17, 15) is 4.79 Å². The van der Waals surface area contributed by atoms with Crippen LogP contribution >= 0.6 is 0 Å². The van der Waals surface area contributed by atoms with Gasteiger partial charge in [0.1, 0.15) is 0 Å². The zero-order chi connectivity index (χ0) is 23.7. The first-order valence-corrected chi connectivity index (χ1v) is 13.6. The molecule has 0 spiro atoms. The van der Waals surface area contributed by atoms with Crippen molar-refractivity contribution in [3.63, 3.8) is 0 Å². The Labute approximate surface area is 194 Å². The van der Waals surface area contributed by atoms with Gasteiger partial charge in [-0.2, -0.15) is 0 Å². The second kappa shape index (κ2) is 16.7. The zero-order valence-electron chi connectivity index (χ0n) is 20.1. The van der Waals surface area contributed by atoms with E-state index < -0.39 is 14.8 Å². The van der Waals surface area contributed by atoms with Gasteiger partial charge in [0.15, 0.2) is 11.5 Å². The standard InChI is InChI=1S/C24H40O7Si/c1-5-29-32(30-6-2,31-7-3)19-13-11-9-8-10-12-18-28-23-20-21(15-17-24(25)26)14-16-22(23)27-4/h14-17,20H,5-13,18-19H2,1-4H3,(H,25,26)/b17-15+. The van der Waals surface area contributed by atoms with Gasteiger partial charge >= 0.3 is 14.8 Å². The molecule has 1 N–H and O–H groups in total. The van der Waals surface area contributed by atoms with Crippen molar-refractivity contribution >= 4 is 20.8 Å². The summed E-state index contributed by atoms with van der Waals surface area (Å²) in [4.78, 5) is 10.7. The number of hydrogen-bond donors (Lipinski definition) is 1. The van der Waals surface area contributed by atoms with Crippen LogP contribution in [0.4, 0.5) is 0 Å². The number of carbonyl (C=O) groups is 1. The van der Waals surface area contributed by atoms with E-state index in [2.05, 4.69) is 0 Å². The van der Waals surface area contributed by atoms with Gasteiger partial charge < -0.3 is 27.9 Å². The number of hydrogen-bond acceptors (Lipinski definition) is 6. The van der Waals surface area contributed by atoms with Crippen LogP contribution in [0.5, 0.6) is 11.5 Å². The van der Waals surface area contributed by atoms with E-state index in [1.54, 1.807) is 25.3 Å². The van der Waals surface area contributed by atoms with Crippen LogP contribution in [0.25, 0.3) is 6.08 Å². The Kier molecular flexibility index (Phi) is 14.7. The van der Waals surface area contributed by atoms with Crippen molar-refractivity contribution in [1.29, 1.82) is 0 Å². The first-order chi connectivity index (χ1) is 15.5. The molecule has 7 nitrogen and oxygen atoms in total. The minimum absolute atomic E-state index is 0.595. The first-order valence-electron chi connectivity index (χ1n) is 11.6. The summed E-state index contributed by atoms with van der Waals surface area (Å²) in [5, 5.41) is 8.77. The smallest absolute Gasteiger partial charge is 0.493 e. The summed E-state index contributed by atoms with van der Waals surface area (Å²) >= 11 is 0. The molecule has 8 heteroatoms. The van der Waals surface area contributed by atoms with E-state index in [1.807, 2.05) is 20.8 Å². The Morgan fingerprint density at radius 3 is 2.06 bits per heavy atom. The van der Waals surface area contributed by atoms with E-state index in [0.717, 1.165) is 56.2 Å². The molecular weight excluding hydrogens is 428 g/mol. The molecule has 1 aromatic carbocycles. The molecule has 0 aliphatic rings. The van der Waals surface area contributed by atoms with Crippen LogP contribution in [-0.2, 0) is 18.1 Å². The molecule has 0 saturated carbocycles. The molecule has 0 atom stereocenters. The highest BCUT2D eigenvalue weighted by atomic mass is 28.4. The summed E-state index contributed by atoms with van der Waals surface area (Å²) in [6.07, 6.45) is 9.18. The van der Waals surface area contributed by atoms with Crippen LogP contribution in [0.2, 0.25) is 6.04 Å². The van der Waals surface area contributed by atoms with Gasteiger partial charge in [0, 0.05) is 31.9 Å². The van der Waals surface area contributed by atoms with Crippen molar-refractivity contribution in [3.05, 3.63) is 29.8 Å². The molecule has 182 valence electrons. The van der Waals surface area contributed by atoms with Crippen LogP contribution < -0.4 is 9.47 Å². The van der Waals surface area contributed by atoms with Gasteiger partial charge in [0.2, 0.25) is 0 Å². The summed E-state index contributed by atoms with van der Waals surface area (Å²) in [6.45, 7) is 8.42. The van der Waals surface area contributed by atoms with Crippen LogP contribution in [0.15, 0.2) is 24.3 Å². The SMILES string of the molecule is CCO[Si](CCCCCCCCOc1cc(/C=C/C(=O)O)ccc1OC)(OCC)OCC. The van der Waals surface area contributed by atoms with Gasteiger partial charge in [-0.25, -0.2) is 4.79 Å². The van der Waals surface area contributed by atoms with Crippen molar-refractivity contribution in [2.45, 2.75) is 65.3 Å². The molecule has 1 rings (SSSR count). The molecule has 0 radical (unpaired) electrons. The average molecular weight is 469 g/mol. The highest BCUT2D eigenvalue weighted by Gasteiger charge is 2.39. The third-order valence-corrected chi connectivity index (χ3v) is 7.99. The lowest BCUT2D eigenvalue weighted by atomic mass is 10.1. The monoisotopic (exact) mass is 468 g/mol. The van der Waals surface area contributed by atoms with E-state index >= 15 is 0 Å². The Morgan fingerprint density at radius 1 is 0.906 bits per heavy atom. The number of aliphatic carboxylic acids is 1. The predicted octanol–water partition coefficient (Wildman–Crippen LogP) is 5.56. The fourth-order valence-corrected chi connectivity index (χ4v) is 6.10. The minimum Gasteiger partial charge on any atom is -0.493 e. The van der Waals surface area contributed by atoms with Crippen LogP contribution in [-0.4, -0.2) is 53.4 Å². The quantitative estimate of drug-likeness (QED) is 0.162. The molecule has 0 saturated heterocycles. The second-order valence-corrected chi connectivity index (χ2v) is 10.0. The molecule has 0 aliphatic heterocycles. The number of carboxylic acids is 1. The maximum absolute atomic E-state index is 10.7. The van der Waals surface area contributed by atoms with Gasteiger partial charge in [0.25, 0.3) is 0 Å². The Bertz CT molecular complexity index is 661. The molecule has 0 fully saturated rings. The third-order valence-electron chi connectivity index (χ3n) is 4.83. The number of benzene rings is 1. The Hall–Kier alpha value is -1.87. The van der Waals surface area contributed by atoms with Gasteiger partial charge in [-0.15, -0.1) is 0 Å². The second-order valence-electron chi connectivity index (χ2n) is 7.28. The highest BCUT2D eigenvalue weighted by molar-refractivity contribution is 6.60. The van der Waals surface area contributed by atoms with E-state index in [1.165, 1.54) is 6.08 Å². The topological polar surface area (TPSA) is 83.5 Å². The van der Waals surface area contributed by atoms with Gasteiger partial charge in [-0.05, 0) is 57.4 Å². The summed E-state index contributed by atoms with van der Waals surface area (Å²) < 4.78 is 28.9. The number of carboxylic acid groups (broad SMARTS) is 1. The molecule has 0 bridgehead atoms. The summed E-state index contributed by atoms with van der Waals surface area (Å²) in [5.74, 6) is 0.289. The number of methoxy groups -OCH3 is 1. The van der Waals surface area contributed by atoms with Crippen molar-refractivity contribution in [2.75, 3.05) is 33.5 Å². The largest absolute Gasteiger partial charge is 0.500 e. The molecule has 0 aliphatic carbocycles. The fraction of sp³-hybridized carbons (Fsp3) is 0.625. The maximum atomic E-state index is 10.7. The van der Waals surface area contributed by atoms with E-state index in [4.69, 9.17) is 27.9 Å².